The first kappa shape index (κ1) is 24.1. The summed E-state index contributed by atoms with van der Waals surface area (Å²) in [5, 5.41) is 6.83. The molecule has 154 valence electrons. The van der Waals surface area contributed by atoms with Gasteiger partial charge in [0.2, 0.25) is 0 Å². The maximum atomic E-state index is 6.08. The van der Waals surface area contributed by atoms with Gasteiger partial charge in [0.1, 0.15) is 0 Å². The van der Waals surface area contributed by atoms with E-state index >= 15 is 0 Å². The Kier molecular flexibility index (Phi) is 10.6. The Morgan fingerprint density at radius 2 is 2.11 bits per heavy atom. The molecule has 1 fully saturated rings. The molecule has 0 spiro atoms. The third kappa shape index (κ3) is 7.94. The third-order valence-corrected chi connectivity index (χ3v) is 4.95. The molecule has 1 saturated heterocycles. The van der Waals surface area contributed by atoms with Crippen LogP contribution in [0.15, 0.2) is 23.5 Å². The number of guanidine groups is 1. The van der Waals surface area contributed by atoms with Crippen LogP contribution in [0.2, 0.25) is 0 Å². The van der Waals surface area contributed by atoms with Crippen LogP contribution in [0.5, 0.6) is 0 Å². The highest BCUT2D eigenvalue weighted by molar-refractivity contribution is 14.0. The Labute approximate surface area is 182 Å². The number of pyridine rings is 1. The molecule has 5 nitrogen and oxygen atoms in total. The van der Waals surface area contributed by atoms with Crippen molar-refractivity contribution < 1.29 is 4.74 Å². The molecule has 2 unspecified atom stereocenters. The Hall–Kier alpha value is -0.890. The summed E-state index contributed by atoms with van der Waals surface area (Å²) < 4.78 is 6.08. The van der Waals surface area contributed by atoms with E-state index < -0.39 is 0 Å². The summed E-state index contributed by atoms with van der Waals surface area (Å²) >= 11 is 0. The lowest BCUT2D eigenvalue weighted by Crippen LogP contribution is -2.43. The van der Waals surface area contributed by atoms with Crippen molar-refractivity contribution in [3.8, 4) is 0 Å². The fraction of sp³-hybridized carbons (Fsp3) is 0.714. The van der Waals surface area contributed by atoms with E-state index in [9.17, 15) is 0 Å². The number of aliphatic imine (C=N–C) groups is 1. The highest BCUT2D eigenvalue weighted by atomic mass is 127. The van der Waals surface area contributed by atoms with E-state index in [0.717, 1.165) is 45.0 Å². The molecule has 6 heteroatoms. The van der Waals surface area contributed by atoms with Gasteiger partial charge >= 0.3 is 0 Å². The van der Waals surface area contributed by atoms with Gasteiger partial charge in [-0.05, 0) is 55.7 Å². The van der Waals surface area contributed by atoms with Gasteiger partial charge in [0.15, 0.2) is 5.96 Å². The summed E-state index contributed by atoms with van der Waals surface area (Å²) in [6.07, 6.45) is 7.36. The van der Waals surface area contributed by atoms with Crippen LogP contribution in [0.3, 0.4) is 0 Å². The summed E-state index contributed by atoms with van der Waals surface area (Å²) in [5.74, 6) is 1.39. The van der Waals surface area contributed by atoms with Crippen LogP contribution in [-0.2, 0) is 11.2 Å². The van der Waals surface area contributed by atoms with Gasteiger partial charge in [0, 0.05) is 44.6 Å². The van der Waals surface area contributed by atoms with Crippen LogP contribution in [0.1, 0.15) is 51.7 Å². The number of hydrogen-bond acceptors (Lipinski definition) is 3. The van der Waals surface area contributed by atoms with Crippen molar-refractivity contribution in [1.82, 2.24) is 15.6 Å². The molecule has 1 aliphatic rings. The molecule has 1 aromatic rings. The lowest BCUT2D eigenvalue weighted by Gasteiger charge is -2.39. The van der Waals surface area contributed by atoms with E-state index in [2.05, 4.69) is 56.3 Å². The van der Waals surface area contributed by atoms with E-state index in [1.165, 1.54) is 17.5 Å². The van der Waals surface area contributed by atoms with Crippen LogP contribution in [0.25, 0.3) is 0 Å². The van der Waals surface area contributed by atoms with Gasteiger partial charge < -0.3 is 15.4 Å². The quantitative estimate of drug-likeness (QED) is 0.362. The van der Waals surface area contributed by atoms with Crippen LogP contribution in [0, 0.1) is 18.3 Å². The standard InChI is InChI=1S/C21H36N4O.HI/c1-6-23-20(24-12-10-17-9-11-22-14-16(17)2)25-15-18-8-7-13-26-19(18)21(3,4)5;/h9,11,14,18-19H,6-8,10,12-13,15H2,1-5H3,(H2,23,24,25);1H. The predicted molar refractivity (Wildman–Crippen MR) is 124 cm³/mol. The molecule has 0 bridgehead atoms. The minimum absolute atomic E-state index is 0. The summed E-state index contributed by atoms with van der Waals surface area (Å²) in [4.78, 5) is 9.01. The van der Waals surface area contributed by atoms with Gasteiger partial charge in [-0.3, -0.25) is 9.98 Å². The predicted octanol–water partition coefficient (Wildman–Crippen LogP) is 3.95. The molecule has 1 aromatic heterocycles. The molecule has 0 aliphatic carbocycles. The first-order valence-corrected chi connectivity index (χ1v) is 9.95. The SMILES string of the molecule is CCNC(=NCC1CCCOC1C(C)(C)C)NCCc1ccncc1C.I. The number of aromatic nitrogens is 1. The van der Waals surface area contributed by atoms with E-state index in [0.29, 0.717) is 5.92 Å². The largest absolute Gasteiger partial charge is 0.377 e. The van der Waals surface area contributed by atoms with Crippen LogP contribution in [0.4, 0.5) is 0 Å². The van der Waals surface area contributed by atoms with Crippen molar-refractivity contribution in [3.63, 3.8) is 0 Å². The zero-order valence-corrected chi connectivity index (χ0v) is 19.9. The molecule has 0 saturated carbocycles. The molecule has 0 aromatic carbocycles. The zero-order chi connectivity index (χ0) is 19.0. The topological polar surface area (TPSA) is 58.5 Å². The smallest absolute Gasteiger partial charge is 0.191 e. The lowest BCUT2D eigenvalue weighted by atomic mass is 9.78. The number of aryl methyl sites for hydroxylation is 1. The van der Waals surface area contributed by atoms with E-state index in [1.54, 1.807) is 0 Å². The van der Waals surface area contributed by atoms with Gasteiger partial charge in [-0.15, -0.1) is 24.0 Å². The molecule has 27 heavy (non-hydrogen) atoms. The summed E-state index contributed by atoms with van der Waals surface area (Å²) in [7, 11) is 0. The van der Waals surface area contributed by atoms with Gasteiger partial charge in [-0.25, -0.2) is 0 Å². The molecule has 2 atom stereocenters. The maximum Gasteiger partial charge on any atom is 0.191 e. The lowest BCUT2D eigenvalue weighted by molar-refractivity contribution is -0.0823. The number of ether oxygens (including phenoxy) is 1. The first-order chi connectivity index (χ1) is 12.4. The Balaban J connectivity index is 0.00000364. The normalized spacial score (nSPS) is 20.7. The van der Waals surface area contributed by atoms with Crippen LogP contribution >= 0.6 is 24.0 Å². The van der Waals surface area contributed by atoms with Gasteiger partial charge in [-0.2, -0.15) is 0 Å². The number of halogens is 1. The minimum Gasteiger partial charge on any atom is -0.377 e. The van der Waals surface area contributed by atoms with Crippen molar-refractivity contribution in [2.75, 3.05) is 26.2 Å². The van der Waals surface area contributed by atoms with Crippen molar-refractivity contribution in [2.24, 2.45) is 16.3 Å². The first-order valence-electron chi connectivity index (χ1n) is 9.95. The molecule has 0 amide bonds. The number of nitrogens with one attached hydrogen (secondary N) is 2. The average molecular weight is 488 g/mol. The zero-order valence-electron chi connectivity index (χ0n) is 17.5. The molecular weight excluding hydrogens is 451 g/mol. The van der Waals surface area contributed by atoms with Crippen molar-refractivity contribution in [3.05, 3.63) is 29.6 Å². The van der Waals surface area contributed by atoms with E-state index in [1.807, 2.05) is 12.4 Å². The Morgan fingerprint density at radius 3 is 2.78 bits per heavy atom. The van der Waals surface area contributed by atoms with Gasteiger partial charge in [0.25, 0.3) is 0 Å². The second-order valence-corrected chi connectivity index (χ2v) is 8.26. The van der Waals surface area contributed by atoms with Crippen molar-refractivity contribution >= 4 is 29.9 Å². The van der Waals surface area contributed by atoms with Crippen LogP contribution < -0.4 is 10.6 Å². The number of rotatable bonds is 6. The van der Waals surface area contributed by atoms with E-state index in [4.69, 9.17) is 9.73 Å². The second-order valence-electron chi connectivity index (χ2n) is 8.26. The molecule has 2 heterocycles. The fourth-order valence-electron chi connectivity index (χ4n) is 3.64. The van der Waals surface area contributed by atoms with Crippen LogP contribution in [-0.4, -0.2) is 43.3 Å². The third-order valence-electron chi connectivity index (χ3n) is 4.95. The average Bonchev–Trinajstić information content (AvgIpc) is 2.61. The summed E-state index contributed by atoms with van der Waals surface area (Å²) in [6, 6.07) is 2.09. The minimum atomic E-state index is 0. The van der Waals surface area contributed by atoms with Crippen molar-refractivity contribution in [1.29, 1.82) is 0 Å². The molecule has 2 rings (SSSR count). The number of nitrogens with zero attached hydrogens (tertiary/aromatic N) is 2. The Bertz CT molecular complexity index is 586. The fourth-order valence-corrected chi connectivity index (χ4v) is 3.64. The van der Waals surface area contributed by atoms with E-state index in [-0.39, 0.29) is 35.5 Å². The highest BCUT2D eigenvalue weighted by Gasteiger charge is 2.35. The van der Waals surface area contributed by atoms with Gasteiger partial charge in [-0.1, -0.05) is 20.8 Å². The second kappa shape index (κ2) is 11.8. The number of hydrogen-bond donors (Lipinski definition) is 2. The molecule has 1 aliphatic heterocycles. The Morgan fingerprint density at radius 1 is 1.33 bits per heavy atom. The maximum absolute atomic E-state index is 6.08. The summed E-state index contributed by atoms with van der Waals surface area (Å²) in [5.41, 5.74) is 2.73. The molecular formula is C21H37IN4O. The molecule has 0 radical (unpaired) electrons. The summed E-state index contributed by atoms with van der Waals surface area (Å²) in [6.45, 7) is 14.4. The molecule has 2 N–H and O–H groups in total. The highest BCUT2D eigenvalue weighted by Crippen LogP contribution is 2.34. The van der Waals surface area contributed by atoms with Crippen molar-refractivity contribution in [2.45, 2.75) is 60.0 Å². The monoisotopic (exact) mass is 488 g/mol. The van der Waals surface area contributed by atoms with Gasteiger partial charge in [0.05, 0.1) is 6.10 Å².